The number of nitrogens with zero attached hydrogens (tertiary/aromatic N) is 2. The lowest BCUT2D eigenvalue weighted by molar-refractivity contribution is 0.0697. The largest absolute Gasteiger partial charge is 0.490 e. The Morgan fingerprint density at radius 1 is 1.30 bits per heavy atom. The van der Waals surface area contributed by atoms with Gasteiger partial charge >= 0.3 is 0 Å². The Morgan fingerprint density at radius 3 is 2.93 bits per heavy atom. The second-order valence-corrected chi connectivity index (χ2v) is 6.62. The molecule has 6 heteroatoms. The Hall–Kier alpha value is -2.60. The van der Waals surface area contributed by atoms with Crippen LogP contribution < -0.4 is 14.8 Å². The molecule has 6 nitrogen and oxygen atoms in total. The van der Waals surface area contributed by atoms with Gasteiger partial charge in [0.1, 0.15) is 6.61 Å². The van der Waals surface area contributed by atoms with Crippen LogP contribution in [0.3, 0.4) is 0 Å². The molecule has 1 atom stereocenters. The van der Waals surface area contributed by atoms with Gasteiger partial charge in [0.25, 0.3) is 5.91 Å². The average molecular weight is 369 g/mol. The molecule has 0 spiro atoms. The molecule has 1 saturated heterocycles. The molecule has 0 saturated carbocycles. The van der Waals surface area contributed by atoms with Gasteiger partial charge in [0, 0.05) is 42.7 Å². The highest BCUT2D eigenvalue weighted by Crippen LogP contribution is 2.30. The summed E-state index contributed by atoms with van der Waals surface area (Å²) < 4.78 is 11.6. The van der Waals surface area contributed by atoms with Gasteiger partial charge in [-0.05, 0) is 51.1 Å². The highest BCUT2D eigenvalue weighted by Gasteiger charge is 2.24. The Bertz CT molecular complexity index is 752. The van der Waals surface area contributed by atoms with E-state index in [-0.39, 0.29) is 5.91 Å². The minimum atomic E-state index is 0.0368. The number of amides is 1. The molecule has 2 aromatic rings. The van der Waals surface area contributed by atoms with Crippen LogP contribution in [-0.2, 0) is 6.61 Å². The molecule has 27 heavy (non-hydrogen) atoms. The van der Waals surface area contributed by atoms with E-state index in [1.165, 1.54) is 0 Å². The highest BCUT2D eigenvalue weighted by molar-refractivity contribution is 5.95. The molecule has 1 aromatic heterocycles. The van der Waals surface area contributed by atoms with Gasteiger partial charge in [0.15, 0.2) is 11.5 Å². The molecule has 1 aliphatic heterocycles. The first-order valence-electron chi connectivity index (χ1n) is 9.46. The molecule has 1 N–H and O–H groups in total. The van der Waals surface area contributed by atoms with Crippen LogP contribution in [0.4, 0.5) is 0 Å². The third-order valence-corrected chi connectivity index (χ3v) is 4.72. The van der Waals surface area contributed by atoms with Gasteiger partial charge in [-0.1, -0.05) is 6.07 Å². The van der Waals surface area contributed by atoms with Crippen molar-refractivity contribution in [2.75, 3.05) is 26.7 Å². The number of hydrogen-bond donors (Lipinski definition) is 1. The lowest BCUT2D eigenvalue weighted by Gasteiger charge is -2.32. The first kappa shape index (κ1) is 19.2. The highest BCUT2D eigenvalue weighted by atomic mass is 16.5. The molecule has 3 rings (SSSR count). The SMILES string of the molecule is CCOc1cc(C(=O)N2CCC[C@@H](NC)C2)ccc1OCc1cccnc1. The number of piperidine rings is 1. The maximum absolute atomic E-state index is 12.9. The number of hydrogen-bond acceptors (Lipinski definition) is 5. The van der Waals surface area contributed by atoms with Gasteiger partial charge in [-0.3, -0.25) is 9.78 Å². The lowest BCUT2D eigenvalue weighted by atomic mass is 10.0. The minimum absolute atomic E-state index is 0.0368. The van der Waals surface area contributed by atoms with Crippen molar-refractivity contribution >= 4 is 5.91 Å². The predicted octanol–water partition coefficient (Wildman–Crippen LogP) is 2.88. The number of likely N-dealkylation sites (N-methyl/N-ethyl adjacent to an activating group) is 1. The van der Waals surface area contributed by atoms with Crippen molar-refractivity contribution < 1.29 is 14.3 Å². The average Bonchev–Trinajstić information content (AvgIpc) is 2.73. The standard InChI is InChI=1S/C21H27N3O3/c1-3-26-20-12-17(21(25)24-11-5-7-18(14-24)22-2)8-9-19(20)27-15-16-6-4-10-23-13-16/h4,6,8-10,12-13,18,22H,3,5,7,11,14-15H2,1-2H3/t18-/m1/s1. The topological polar surface area (TPSA) is 63.7 Å². The summed E-state index contributed by atoms with van der Waals surface area (Å²) in [5.41, 5.74) is 1.61. The molecular weight excluding hydrogens is 342 g/mol. The summed E-state index contributed by atoms with van der Waals surface area (Å²) in [7, 11) is 1.94. The summed E-state index contributed by atoms with van der Waals surface area (Å²) in [5.74, 6) is 1.26. The van der Waals surface area contributed by atoms with Gasteiger partial charge in [0.05, 0.1) is 6.61 Å². The summed E-state index contributed by atoms with van der Waals surface area (Å²) >= 11 is 0. The monoisotopic (exact) mass is 369 g/mol. The van der Waals surface area contributed by atoms with Crippen LogP contribution >= 0.6 is 0 Å². The number of nitrogens with one attached hydrogen (secondary N) is 1. The van der Waals surface area contributed by atoms with Crippen molar-refractivity contribution in [3.05, 3.63) is 53.9 Å². The fourth-order valence-electron chi connectivity index (χ4n) is 3.25. The van der Waals surface area contributed by atoms with Crippen LogP contribution in [0.15, 0.2) is 42.7 Å². The molecule has 1 amide bonds. The summed E-state index contributed by atoms with van der Waals surface area (Å²) in [4.78, 5) is 18.9. The molecule has 0 radical (unpaired) electrons. The number of carbonyl (C=O) groups excluding carboxylic acids is 1. The van der Waals surface area contributed by atoms with Crippen LogP contribution in [0.2, 0.25) is 0 Å². The van der Waals surface area contributed by atoms with Crippen molar-refractivity contribution in [1.82, 2.24) is 15.2 Å². The maximum Gasteiger partial charge on any atom is 0.254 e. The van der Waals surface area contributed by atoms with Crippen LogP contribution in [0.5, 0.6) is 11.5 Å². The summed E-state index contributed by atoms with van der Waals surface area (Å²) in [6.07, 6.45) is 5.62. The number of ether oxygens (including phenoxy) is 2. The zero-order valence-electron chi connectivity index (χ0n) is 16.0. The van der Waals surface area contributed by atoms with Crippen molar-refractivity contribution in [2.45, 2.75) is 32.4 Å². The van der Waals surface area contributed by atoms with Crippen LogP contribution in [0.25, 0.3) is 0 Å². The fourth-order valence-corrected chi connectivity index (χ4v) is 3.25. The summed E-state index contributed by atoms with van der Waals surface area (Å²) in [5, 5.41) is 3.27. The molecule has 1 aliphatic rings. The van der Waals surface area contributed by atoms with Crippen molar-refractivity contribution in [1.29, 1.82) is 0 Å². The van der Waals surface area contributed by atoms with Crippen molar-refractivity contribution in [3.8, 4) is 11.5 Å². The number of rotatable bonds is 7. The second-order valence-electron chi connectivity index (χ2n) is 6.62. The molecule has 1 aromatic carbocycles. The molecule has 144 valence electrons. The van der Waals surface area contributed by atoms with E-state index in [1.807, 2.05) is 43.1 Å². The smallest absolute Gasteiger partial charge is 0.254 e. The van der Waals surface area contributed by atoms with E-state index in [1.54, 1.807) is 18.5 Å². The van der Waals surface area contributed by atoms with E-state index in [0.29, 0.717) is 36.3 Å². The van der Waals surface area contributed by atoms with Crippen molar-refractivity contribution in [2.24, 2.45) is 0 Å². The Morgan fingerprint density at radius 2 is 2.19 bits per heavy atom. The van der Waals surface area contributed by atoms with Gasteiger partial charge in [-0.25, -0.2) is 0 Å². The van der Waals surface area contributed by atoms with Crippen LogP contribution in [-0.4, -0.2) is 48.6 Å². The fraction of sp³-hybridized carbons (Fsp3) is 0.429. The molecule has 0 unspecified atom stereocenters. The zero-order chi connectivity index (χ0) is 19.1. The van der Waals surface area contributed by atoms with E-state index in [9.17, 15) is 4.79 Å². The summed E-state index contributed by atoms with van der Waals surface area (Å²) in [6, 6.07) is 9.60. The van der Waals surface area contributed by atoms with E-state index in [4.69, 9.17) is 9.47 Å². The Labute approximate surface area is 160 Å². The zero-order valence-corrected chi connectivity index (χ0v) is 16.0. The summed E-state index contributed by atoms with van der Waals surface area (Å²) in [6.45, 7) is 4.35. The van der Waals surface area contributed by atoms with E-state index in [2.05, 4.69) is 10.3 Å². The second kappa shape index (κ2) is 9.37. The number of aromatic nitrogens is 1. The van der Waals surface area contributed by atoms with Gasteiger partial charge in [-0.15, -0.1) is 0 Å². The molecule has 0 aliphatic carbocycles. The normalized spacial score (nSPS) is 16.8. The Kier molecular flexibility index (Phi) is 6.65. The molecular formula is C21H27N3O3. The lowest BCUT2D eigenvalue weighted by Crippen LogP contribution is -2.46. The maximum atomic E-state index is 12.9. The van der Waals surface area contributed by atoms with E-state index < -0.39 is 0 Å². The third-order valence-electron chi connectivity index (χ3n) is 4.72. The number of pyridine rings is 1. The molecule has 2 heterocycles. The number of likely N-dealkylation sites (tertiary alicyclic amines) is 1. The van der Waals surface area contributed by atoms with Crippen molar-refractivity contribution in [3.63, 3.8) is 0 Å². The number of carbonyl (C=O) groups is 1. The number of benzene rings is 1. The quantitative estimate of drug-likeness (QED) is 0.813. The molecule has 1 fully saturated rings. The predicted molar refractivity (Wildman–Crippen MR) is 104 cm³/mol. The van der Waals surface area contributed by atoms with Crippen LogP contribution in [0.1, 0.15) is 35.7 Å². The van der Waals surface area contributed by atoms with Gasteiger partial charge < -0.3 is 19.7 Å². The van der Waals surface area contributed by atoms with Crippen LogP contribution in [0, 0.1) is 0 Å². The van der Waals surface area contributed by atoms with Gasteiger partial charge in [-0.2, -0.15) is 0 Å². The molecule has 0 bridgehead atoms. The Balaban J connectivity index is 1.73. The third kappa shape index (κ3) is 4.98. The van der Waals surface area contributed by atoms with E-state index >= 15 is 0 Å². The first-order chi connectivity index (χ1) is 13.2. The minimum Gasteiger partial charge on any atom is -0.490 e. The first-order valence-corrected chi connectivity index (χ1v) is 9.46. The van der Waals surface area contributed by atoms with E-state index in [0.717, 1.165) is 31.5 Å². The van der Waals surface area contributed by atoms with Gasteiger partial charge in [0.2, 0.25) is 0 Å².